The van der Waals surface area contributed by atoms with Gasteiger partial charge in [-0.25, -0.2) is 0 Å². The lowest BCUT2D eigenvalue weighted by Crippen LogP contribution is -3.00. The van der Waals surface area contributed by atoms with E-state index < -0.39 is 0 Å². The molecule has 1 heterocycles. The van der Waals surface area contributed by atoms with Crippen molar-refractivity contribution >= 4 is 22.5 Å². The average molecular weight is 320 g/mol. The molecule has 0 saturated carbocycles. The number of aromatic nitrogens is 1. The molecule has 0 aliphatic carbocycles. The van der Waals surface area contributed by atoms with Gasteiger partial charge in [0.15, 0.2) is 0 Å². The second-order valence-electron chi connectivity index (χ2n) is 3.23. The monoisotopic (exact) mass is 319 g/mol. The third kappa shape index (κ3) is 1.86. The molecule has 0 amide bonds. The number of nitrogens with zero attached hydrogens (tertiary/aromatic N) is 1. The summed E-state index contributed by atoms with van der Waals surface area (Å²) in [6.45, 7) is 2.08. The minimum absolute atomic E-state index is 0. The first-order chi connectivity index (χ1) is 6.20. The van der Waals surface area contributed by atoms with Crippen LogP contribution in [0.15, 0.2) is 30.3 Å². The van der Waals surface area contributed by atoms with E-state index in [2.05, 4.69) is 19.1 Å². The van der Waals surface area contributed by atoms with Gasteiger partial charge in [0.25, 0.3) is 5.15 Å². The Morgan fingerprint density at radius 2 is 1.86 bits per heavy atom. The third-order valence-corrected chi connectivity index (χ3v) is 2.71. The maximum atomic E-state index is 6.06. The first kappa shape index (κ1) is 11.7. The van der Waals surface area contributed by atoms with E-state index in [-0.39, 0.29) is 24.0 Å². The Bertz CT molecular complexity index is 468. The SMILES string of the molecule is Cc1cc(Cl)[n+](C)c2ccccc12.[I-]. The molecule has 14 heavy (non-hydrogen) atoms. The Labute approximate surface area is 106 Å². The van der Waals surface area contributed by atoms with Crippen molar-refractivity contribution in [3.63, 3.8) is 0 Å². The largest absolute Gasteiger partial charge is 1.00 e. The number of pyridine rings is 1. The van der Waals surface area contributed by atoms with Crippen molar-refractivity contribution < 1.29 is 28.5 Å². The van der Waals surface area contributed by atoms with Crippen molar-refractivity contribution in [1.29, 1.82) is 0 Å². The van der Waals surface area contributed by atoms with Crippen molar-refractivity contribution in [2.24, 2.45) is 7.05 Å². The molecule has 0 bridgehead atoms. The standard InChI is InChI=1S/C11H11ClN.HI/c1-8-7-11(12)13(2)10-6-4-3-5-9(8)10;/h3-7H,1-2H3;1H/q+1;/p-1. The van der Waals surface area contributed by atoms with E-state index in [1.165, 1.54) is 16.5 Å². The number of hydrogen-bond acceptors (Lipinski definition) is 0. The fraction of sp³-hybridized carbons (Fsp3) is 0.182. The predicted molar refractivity (Wildman–Crippen MR) is 54.9 cm³/mol. The normalized spacial score (nSPS) is 9.93. The number of aryl methyl sites for hydroxylation is 2. The molecule has 2 aromatic rings. The summed E-state index contributed by atoms with van der Waals surface area (Å²) in [5.74, 6) is 0. The highest BCUT2D eigenvalue weighted by atomic mass is 127. The second-order valence-corrected chi connectivity index (χ2v) is 3.61. The molecule has 0 spiro atoms. The first-order valence-corrected chi connectivity index (χ1v) is 4.62. The molecule has 1 nitrogen and oxygen atoms in total. The van der Waals surface area contributed by atoms with Crippen LogP contribution in [-0.2, 0) is 7.05 Å². The zero-order chi connectivity index (χ0) is 9.42. The van der Waals surface area contributed by atoms with Gasteiger partial charge in [0, 0.05) is 17.5 Å². The summed E-state index contributed by atoms with van der Waals surface area (Å²) in [6, 6.07) is 10.3. The number of hydrogen-bond donors (Lipinski definition) is 0. The Morgan fingerprint density at radius 3 is 2.57 bits per heavy atom. The fourth-order valence-corrected chi connectivity index (χ4v) is 1.82. The van der Waals surface area contributed by atoms with Gasteiger partial charge in [-0.05, 0) is 30.2 Å². The summed E-state index contributed by atoms with van der Waals surface area (Å²) >= 11 is 6.06. The van der Waals surface area contributed by atoms with Crippen LogP contribution in [0.4, 0.5) is 0 Å². The summed E-state index contributed by atoms with van der Waals surface area (Å²) in [7, 11) is 1.98. The van der Waals surface area contributed by atoms with E-state index in [0.29, 0.717) is 0 Å². The van der Waals surface area contributed by atoms with Gasteiger partial charge in [-0.1, -0.05) is 12.1 Å². The van der Waals surface area contributed by atoms with Crippen molar-refractivity contribution in [2.75, 3.05) is 0 Å². The number of rotatable bonds is 0. The molecule has 0 radical (unpaired) electrons. The molecule has 0 aliphatic heterocycles. The van der Waals surface area contributed by atoms with Crippen molar-refractivity contribution in [3.05, 3.63) is 41.0 Å². The van der Waals surface area contributed by atoms with E-state index >= 15 is 0 Å². The zero-order valence-corrected chi connectivity index (χ0v) is 11.0. The summed E-state index contributed by atoms with van der Waals surface area (Å²) in [5, 5.41) is 2.03. The number of fused-ring (bicyclic) bond motifs is 1. The van der Waals surface area contributed by atoms with Gasteiger partial charge in [-0.3, -0.25) is 0 Å². The van der Waals surface area contributed by atoms with Crippen LogP contribution in [-0.4, -0.2) is 0 Å². The van der Waals surface area contributed by atoms with E-state index in [1.54, 1.807) is 0 Å². The number of halogens is 2. The molecule has 1 aromatic carbocycles. The first-order valence-electron chi connectivity index (χ1n) is 4.24. The zero-order valence-electron chi connectivity index (χ0n) is 8.09. The Kier molecular flexibility index (Phi) is 3.72. The van der Waals surface area contributed by atoms with Crippen LogP contribution in [0, 0.1) is 6.92 Å². The van der Waals surface area contributed by atoms with Crippen molar-refractivity contribution in [3.8, 4) is 0 Å². The predicted octanol–water partition coefficient (Wildman–Crippen LogP) is -0.370. The highest BCUT2D eigenvalue weighted by Crippen LogP contribution is 2.17. The van der Waals surface area contributed by atoms with E-state index in [4.69, 9.17) is 11.6 Å². The average Bonchev–Trinajstić information content (AvgIpc) is 2.15. The molecule has 1 aromatic heterocycles. The smallest absolute Gasteiger partial charge is 0.275 e. The van der Waals surface area contributed by atoms with E-state index in [9.17, 15) is 0 Å². The van der Waals surface area contributed by atoms with Crippen molar-refractivity contribution in [1.82, 2.24) is 0 Å². The highest BCUT2D eigenvalue weighted by molar-refractivity contribution is 6.28. The molecule has 0 saturated heterocycles. The summed E-state index contributed by atoms with van der Waals surface area (Å²) in [4.78, 5) is 0. The summed E-state index contributed by atoms with van der Waals surface area (Å²) < 4.78 is 1.99. The second kappa shape index (κ2) is 4.45. The molecule has 0 aliphatic rings. The van der Waals surface area contributed by atoms with Crippen LogP contribution in [0.3, 0.4) is 0 Å². The molecule has 2 rings (SSSR count). The molecular weight excluding hydrogens is 308 g/mol. The Balaban J connectivity index is 0.000000980. The van der Waals surface area contributed by atoms with Crippen LogP contribution in [0.2, 0.25) is 5.15 Å². The van der Waals surface area contributed by atoms with E-state index in [0.717, 1.165) is 5.15 Å². The molecule has 0 N–H and O–H groups in total. The summed E-state index contributed by atoms with van der Waals surface area (Å²) in [6.07, 6.45) is 0. The van der Waals surface area contributed by atoms with Gasteiger partial charge in [-0.15, -0.1) is 0 Å². The van der Waals surface area contributed by atoms with Crippen LogP contribution in [0.25, 0.3) is 10.9 Å². The quantitative estimate of drug-likeness (QED) is 0.354. The Morgan fingerprint density at radius 1 is 1.21 bits per heavy atom. The lowest BCUT2D eigenvalue weighted by Gasteiger charge is -2.00. The molecular formula is C11H11ClIN. The van der Waals surface area contributed by atoms with Crippen LogP contribution in [0.5, 0.6) is 0 Å². The molecule has 0 atom stereocenters. The highest BCUT2D eigenvalue weighted by Gasteiger charge is 2.10. The van der Waals surface area contributed by atoms with E-state index in [1.807, 2.05) is 29.8 Å². The molecule has 0 fully saturated rings. The topological polar surface area (TPSA) is 3.88 Å². The molecule has 0 unspecified atom stereocenters. The summed E-state index contributed by atoms with van der Waals surface area (Å²) in [5.41, 5.74) is 2.39. The number of para-hydroxylation sites is 1. The van der Waals surface area contributed by atoms with Gasteiger partial charge in [0.2, 0.25) is 5.52 Å². The maximum absolute atomic E-state index is 6.06. The molecule has 74 valence electrons. The molecule has 3 heteroatoms. The Hall–Kier alpha value is -0.350. The minimum atomic E-state index is 0. The van der Waals surface area contributed by atoms with Crippen LogP contribution < -0.4 is 28.5 Å². The van der Waals surface area contributed by atoms with Gasteiger partial charge < -0.3 is 24.0 Å². The van der Waals surface area contributed by atoms with Crippen LogP contribution >= 0.6 is 11.6 Å². The minimum Gasteiger partial charge on any atom is -1.00 e. The fourth-order valence-electron chi connectivity index (χ4n) is 1.57. The van der Waals surface area contributed by atoms with Gasteiger partial charge in [-0.2, -0.15) is 4.57 Å². The van der Waals surface area contributed by atoms with Crippen molar-refractivity contribution in [2.45, 2.75) is 6.92 Å². The third-order valence-electron chi connectivity index (χ3n) is 2.35. The lowest BCUT2D eigenvalue weighted by molar-refractivity contribution is -0.642. The van der Waals surface area contributed by atoms with Gasteiger partial charge >= 0.3 is 0 Å². The van der Waals surface area contributed by atoms with Gasteiger partial charge in [0.1, 0.15) is 7.05 Å². The maximum Gasteiger partial charge on any atom is 0.275 e. The lowest BCUT2D eigenvalue weighted by atomic mass is 10.1. The van der Waals surface area contributed by atoms with Gasteiger partial charge in [0.05, 0.1) is 0 Å². The van der Waals surface area contributed by atoms with Crippen LogP contribution in [0.1, 0.15) is 5.56 Å². The number of benzene rings is 1.